The molecule has 0 saturated carbocycles. The molecule has 1 atom stereocenters. The van der Waals surface area contributed by atoms with Crippen molar-refractivity contribution in [1.82, 2.24) is 5.32 Å². The van der Waals surface area contributed by atoms with Gasteiger partial charge < -0.3 is 14.8 Å². The van der Waals surface area contributed by atoms with Gasteiger partial charge in [-0.25, -0.2) is 9.59 Å². The van der Waals surface area contributed by atoms with Gasteiger partial charge >= 0.3 is 11.9 Å². The van der Waals surface area contributed by atoms with Gasteiger partial charge in [0, 0.05) is 5.56 Å². The van der Waals surface area contributed by atoms with E-state index in [1.165, 1.54) is 20.3 Å². The molecule has 26 heavy (non-hydrogen) atoms. The molecule has 0 saturated heterocycles. The number of carbonyl (C=O) groups is 3. The molecule has 2 aromatic carbocycles. The van der Waals surface area contributed by atoms with E-state index in [4.69, 9.17) is 4.74 Å². The van der Waals surface area contributed by atoms with Crippen LogP contribution in [0.4, 0.5) is 0 Å². The summed E-state index contributed by atoms with van der Waals surface area (Å²) in [6, 6.07) is 15.0. The van der Waals surface area contributed by atoms with E-state index < -0.39 is 23.9 Å². The standard InChI is InChI=1S/C20H21NO5/c1-25-19(23)16-10-6-9-15(13-16)18(22)21-17(20(24)26-2)12-11-14-7-4-3-5-8-14/h3-10,13,17H,11-12H2,1-2H3,(H,21,22)/t17-/m0/s1. The number of nitrogens with one attached hydrogen (secondary N) is 1. The Labute approximate surface area is 152 Å². The molecule has 0 heterocycles. The first-order valence-corrected chi connectivity index (χ1v) is 8.16. The third-order valence-corrected chi connectivity index (χ3v) is 3.90. The van der Waals surface area contributed by atoms with E-state index in [0.29, 0.717) is 12.8 Å². The number of hydrogen-bond acceptors (Lipinski definition) is 5. The highest BCUT2D eigenvalue weighted by molar-refractivity contribution is 5.99. The van der Waals surface area contributed by atoms with Crippen molar-refractivity contribution in [1.29, 1.82) is 0 Å². The average molecular weight is 355 g/mol. The van der Waals surface area contributed by atoms with Crippen LogP contribution in [0.3, 0.4) is 0 Å². The summed E-state index contributed by atoms with van der Waals surface area (Å²) in [5.41, 5.74) is 1.59. The molecule has 6 nitrogen and oxygen atoms in total. The number of esters is 2. The molecular weight excluding hydrogens is 334 g/mol. The zero-order valence-corrected chi connectivity index (χ0v) is 14.7. The minimum absolute atomic E-state index is 0.263. The van der Waals surface area contributed by atoms with E-state index in [2.05, 4.69) is 10.1 Å². The molecule has 0 aliphatic heterocycles. The molecule has 0 fully saturated rings. The molecule has 0 spiro atoms. The Morgan fingerprint density at radius 3 is 2.27 bits per heavy atom. The summed E-state index contributed by atoms with van der Waals surface area (Å²) in [6.07, 6.45) is 1.02. The lowest BCUT2D eigenvalue weighted by atomic mass is 10.0. The number of hydrogen-bond donors (Lipinski definition) is 1. The predicted octanol–water partition coefficient (Wildman–Crippen LogP) is 2.38. The third kappa shape index (κ3) is 5.17. The van der Waals surface area contributed by atoms with Crippen LogP contribution in [-0.4, -0.2) is 38.1 Å². The maximum Gasteiger partial charge on any atom is 0.337 e. The largest absolute Gasteiger partial charge is 0.467 e. The molecule has 0 radical (unpaired) electrons. The summed E-state index contributed by atoms with van der Waals surface area (Å²) in [4.78, 5) is 36.1. The van der Waals surface area contributed by atoms with E-state index in [0.717, 1.165) is 5.56 Å². The summed E-state index contributed by atoms with van der Waals surface area (Å²) in [5, 5.41) is 2.67. The fourth-order valence-corrected chi connectivity index (χ4v) is 2.49. The summed E-state index contributed by atoms with van der Waals surface area (Å²) >= 11 is 0. The van der Waals surface area contributed by atoms with Crippen LogP contribution in [0.1, 0.15) is 32.7 Å². The fourth-order valence-electron chi connectivity index (χ4n) is 2.49. The van der Waals surface area contributed by atoms with Gasteiger partial charge in [-0.3, -0.25) is 4.79 Å². The highest BCUT2D eigenvalue weighted by Gasteiger charge is 2.22. The van der Waals surface area contributed by atoms with Gasteiger partial charge in [0.05, 0.1) is 19.8 Å². The van der Waals surface area contributed by atoms with Crippen molar-refractivity contribution in [3.63, 3.8) is 0 Å². The summed E-state index contributed by atoms with van der Waals surface area (Å²) < 4.78 is 9.44. The zero-order chi connectivity index (χ0) is 18.9. The second-order valence-electron chi connectivity index (χ2n) is 5.65. The first-order chi connectivity index (χ1) is 12.5. The molecule has 2 aromatic rings. The normalized spacial score (nSPS) is 11.3. The second kappa shape index (κ2) is 9.36. The van der Waals surface area contributed by atoms with Crippen molar-refractivity contribution in [3.8, 4) is 0 Å². The number of methoxy groups -OCH3 is 2. The Balaban J connectivity index is 2.08. The number of carbonyl (C=O) groups excluding carboxylic acids is 3. The van der Waals surface area contributed by atoms with Gasteiger partial charge in [-0.15, -0.1) is 0 Å². The minimum atomic E-state index is -0.783. The lowest BCUT2D eigenvalue weighted by Gasteiger charge is -2.17. The lowest BCUT2D eigenvalue weighted by Crippen LogP contribution is -2.41. The molecule has 6 heteroatoms. The molecule has 1 amide bonds. The second-order valence-corrected chi connectivity index (χ2v) is 5.65. The topological polar surface area (TPSA) is 81.7 Å². The first kappa shape index (κ1) is 19.2. The fraction of sp³-hybridized carbons (Fsp3) is 0.250. The zero-order valence-electron chi connectivity index (χ0n) is 14.7. The summed E-state index contributed by atoms with van der Waals surface area (Å²) in [6.45, 7) is 0. The highest BCUT2D eigenvalue weighted by Crippen LogP contribution is 2.10. The van der Waals surface area contributed by atoms with Crippen molar-refractivity contribution < 1.29 is 23.9 Å². The monoisotopic (exact) mass is 355 g/mol. The van der Waals surface area contributed by atoms with Crippen molar-refractivity contribution in [3.05, 3.63) is 71.3 Å². The van der Waals surface area contributed by atoms with Crippen LogP contribution in [-0.2, 0) is 20.7 Å². The lowest BCUT2D eigenvalue weighted by molar-refractivity contribution is -0.143. The van der Waals surface area contributed by atoms with E-state index in [1.807, 2.05) is 30.3 Å². The van der Waals surface area contributed by atoms with Gasteiger partial charge in [0.15, 0.2) is 0 Å². The molecule has 0 unspecified atom stereocenters. The first-order valence-electron chi connectivity index (χ1n) is 8.16. The van der Waals surface area contributed by atoms with Crippen molar-refractivity contribution in [2.24, 2.45) is 0 Å². The summed E-state index contributed by atoms with van der Waals surface area (Å²) in [5.74, 6) is -1.51. The quantitative estimate of drug-likeness (QED) is 0.771. The molecule has 1 N–H and O–H groups in total. The van der Waals surface area contributed by atoms with Gasteiger partial charge in [-0.05, 0) is 36.6 Å². The van der Waals surface area contributed by atoms with Crippen LogP contribution in [0.25, 0.3) is 0 Å². The highest BCUT2D eigenvalue weighted by atomic mass is 16.5. The summed E-state index contributed by atoms with van der Waals surface area (Å²) in [7, 11) is 2.55. The van der Waals surface area contributed by atoms with E-state index >= 15 is 0 Å². The molecule has 2 rings (SSSR count). The molecular formula is C20H21NO5. The maximum absolute atomic E-state index is 12.5. The Hall–Kier alpha value is -3.15. The van der Waals surface area contributed by atoms with Crippen LogP contribution in [0.2, 0.25) is 0 Å². The van der Waals surface area contributed by atoms with E-state index in [1.54, 1.807) is 18.2 Å². The Bertz CT molecular complexity index is 773. The number of aryl methyl sites for hydroxylation is 1. The number of benzene rings is 2. The molecule has 0 aliphatic carbocycles. The van der Waals surface area contributed by atoms with Crippen LogP contribution >= 0.6 is 0 Å². The van der Waals surface area contributed by atoms with Crippen LogP contribution in [0.5, 0.6) is 0 Å². The Morgan fingerprint density at radius 2 is 1.62 bits per heavy atom. The van der Waals surface area contributed by atoms with Gasteiger partial charge in [0.1, 0.15) is 6.04 Å². The van der Waals surface area contributed by atoms with Crippen molar-refractivity contribution in [2.45, 2.75) is 18.9 Å². The van der Waals surface area contributed by atoms with Crippen LogP contribution in [0.15, 0.2) is 54.6 Å². The van der Waals surface area contributed by atoms with Crippen molar-refractivity contribution >= 4 is 17.8 Å². The van der Waals surface area contributed by atoms with Gasteiger partial charge in [-0.1, -0.05) is 36.4 Å². The van der Waals surface area contributed by atoms with E-state index in [9.17, 15) is 14.4 Å². The van der Waals surface area contributed by atoms with Crippen molar-refractivity contribution in [2.75, 3.05) is 14.2 Å². The smallest absolute Gasteiger partial charge is 0.337 e. The Kier molecular flexibility index (Phi) is 6.91. The molecule has 0 bridgehead atoms. The van der Waals surface area contributed by atoms with E-state index in [-0.39, 0.29) is 11.1 Å². The van der Waals surface area contributed by atoms with Gasteiger partial charge in [0.25, 0.3) is 5.91 Å². The predicted molar refractivity (Wildman–Crippen MR) is 95.8 cm³/mol. The Morgan fingerprint density at radius 1 is 0.923 bits per heavy atom. The van der Waals surface area contributed by atoms with Gasteiger partial charge in [-0.2, -0.15) is 0 Å². The maximum atomic E-state index is 12.5. The number of ether oxygens (including phenoxy) is 2. The molecule has 0 aromatic heterocycles. The SMILES string of the molecule is COC(=O)c1cccc(C(=O)N[C@@H](CCc2ccccc2)C(=O)OC)c1. The number of rotatable bonds is 7. The molecule has 136 valence electrons. The van der Waals surface area contributed by atoms with Crippen LogP contribution < -0.4 is 5.32 Å². The minimum Gasteiger partial charge on any atom is -0.467 e. The van der Waals surface area contributed by atoms with Gasteiger partial charge in [0.2, 0.25) is 0 Å². The third-order valence-electron chi connectivity index (χ3n) is 3.90. The average Bonchev–Trinajstić information content (AvgIpc) is 2.70. The molecule has 0 aliphatic rings. The number of amides is 1. The van der Waals surface area contributed by atoms with Crippen LogP contribution in [0, 0.1) is 0 Å².